The third-order valence-corrected chi connectivity index (χ3v) is 4.09. The minimum absolute atomic E-state index is 0.863. The van der Waals surface area contributed by atoms with Gasteiger partial charge in [-0.15, -0.1) is 0 Å². The van der Waals surface area contributed by atoms with E-state index in [0.29, 0.717) is 0 Å². The van der Waals surface area contributed by atoms with Crippen LogP contribution in [-0.2, 0) is 6.54 Å². The van der Waals surface area contributed by atoms with E-state index < -0.39 is 0 Å². The van der Waals surface area contributed by atoms with Crippen LogP contribution in [0.5, 0.6) is 0 Å². The van der Waals surface area contributed by atoms with Gasteiger partial charge in [0.25, 0.3) is 0 Å². The summed E-state index contributed by atoms with van der Waals surface area (Å²) < 4.78 is 0. The molecule has 16 heavy (non-hydrogen) atoms. The Morgan fingerprint density at radius 1 is 1.31 bits per heavy atom. The molecule has 0 saturated heterocycles. The fraction of sp³-hybridized carbons (Fsp3) is 0.571. The largest absolute Gasteiger partial charge is 0.312 e. The molecule has 0 radical (unpaired) electrons. The Kier molecular flexibility index (Phi) is 4.25. The van der Waals surface area contributed by atoms with Crippen LogP contribution in [0, 0.1) is 11.8 Å². The van der Waals surface area contributed by atoms with Crippen molar-refractivity contribution < 1.29 is 0 Å². The second-order valence-electron chi connectivity index (χ2n) is 4.89. The first-order valence-corrected chi connectivity index (χ1v) is 6.59. The van der Waals surface area contributed by atoms with Crippen molar-refractivity contribution in [1.29, 1.82) is 0 Å². The summed E-state index contributed by atoms with van der Waals surface area (Å²) >= 11 is 6.11. The lowest BCUT2D eigenvalue weighted by Crippen LogP contribution is -2.24. The average molecular weight is 238 g/mol. The van der Waals surface area contributed by atoms with Crippen LogP contribution < -0.4 is 5.32 Å². The van der Waals surface area contributed by atoms with Gasteiger partial charge in [-0.05, 0) is 36.4 Å². The summed E-state index contributed by atoms with van der Waals surface area (Å²) in [6.45, 7) is 4.39. The zero-order valence-corrected chi connectivity index (χ0v) is 10.6. The molecule has 2 unspecified atom stereocenters. The van der Waals surface area contributed by atoms with E-state index >= 15 is 0 Å². The Morgan fingerprint density at radius 2 is 2.12 bits per heavy atom. The van der Waals surface area contributed by atoms with Gasteiger partial charge in [0.1, 0.15) is 0 Å². The highest BCUT2D eigenvalue weighted by Crippen LogP contribution is 2.30. The first-order valence-electron chi connectivity index (χ1n) is 6.21. The Bertz CT molecular complexity index is 337. The molecular weight excluding hydrogens is 218 g/mol. The molecular formula is C14H20ClN. The van der Waals surface area contributed by atoms with Crippen LogP contribution in [0.25, 0.3) is 0 Å². The maximum absolute atomic E-state index is 6.11. The molecule has 2 heteroatoms. The van der Waals surface area contributed by atoms with Crippen LogP contribution in [0.1, 0.15) is 31.7 Å². The first kappa shape index (κ1) is 11.9. The maximum Gasteiger partial charge on any atom is 0.0450 e. The van der Waals surface area contributed by atoms with E-state index in [-0.39, 0.29) is 0 Å². The monoisotopic (exact) mass is 237 g/mol. The highest BCUT2D eigenvalue weighted by molar-refractivity contribution is 6.31. The van der Waals surface area contributed by atoms with Crippen molar-refractivity contribution in [3.05, 3.63) is 34.9 Å². The summed E-state index contributed by atoms with van der Waals surface area (Å²) in [7, 11) is 0. The second kappa shape index (κ2) is 5.70. The average Bonchev–Trinajstić information content (AvgIpc) is 2.67. The number of hydrogen-bond donors (Lipinski definition) is 1. The van der Waals surface area contributed by atoms with Crippen LogP contribution in [0.2, 0.25) is 5.02 Å². The number of benzene rings is 1. The molecule has 0 heterocycles. The molecule has 88 valence electrons. The molecule has 1 aromatic carbocycles. The van der Waals surface area contributed by atoms with Crippen molar-refractivity contribution in [2.45, 2.75) is 32.7 Å². The van der Waals surface area contributed by atoms with E-state index in [9.17, 15) is 0 Å². The third-order valence-electron chi connectivity index (χ3n) is 3.72. The van der Waals surface area contributed by atoms with Gasteiger partial charge < -0.3 is 5.32 Å². The van der Waals surface area contributed by atoms with Crippen molar-refractivity contribution in [2.24, 2.45) is 11.8 Å². The van der Waals surface area contributed by atoms with E-state index in [0.717, 1.165) is 29.9 Å². The summed E-state index contributed by atoms with van der Waals surface area (Å²) in [5.41, 5.74) is 1.20. The van der Waals surface area contributed by atoms with Gasteiger partial charge in [-0.1, -0.05) is 49.6 Å². The van der Waals surface area contributed by atoms with Crippen molar-refractivity contribution in [3.8, 4) is 0 Å². The summed E-state index contributed by atoms with van der Waals surface area (Å²) in [5.74, 6) is 1.75. The van der Waals surface area contributed by atoms with Crippen molar-refractivity contribution in [3.63, 3.8) is 0 Å². The van der Waals surface area contributed by atoms with Crippen LogP contribution in [-0.4, -0.2) is 6.54 Å². The molecule has 0 bridgehead atoms. The fourth-order valence-electron chi connectivity index (χ4n) is 2.56. The lowest BCUT2D eigenvalue weighted by molar-refractivity contribution is 0.392. The third kappa shape index (κ3) is 2.99. The molecule has 2 atom stereocenters. The van der Waals surface area contributed by atoms with Gasteiger partial charge in [-0.3, -0.25) is 0 Å². The smallest absolute Gasteiger partial charge is 0.0450 e. The maximum atomic E-state index is 6.11. The molecule has 1 aromatic rings. The van der Waals surface area contributed by atoms with Gasteiger partial charge in [-0.2, -0.15) is 0 Å². The molecule has 1 aliphatic rings. The topological polar surface area (TPSA) is 12.0 Å². The van der Waals surface area contributed by atoms with E-state index in [1.807, 2.05) is 18.2 Å². The van der Waals surface area contributed by atoms with Crippen LogP contribution in [0.3, 0.4) is 0 Å². The normalized spacial score (nSPS) is 24.9. The quantitative estimate of drug-likeness (QED) is 0.839. The number of hydrogen-bond acceptors (Lipinski definition) is 1. The lowest BCUT2D eigenvalue weighted by Gasteiger charge is -2.16. The van der Waals surface area contributed by atoms with E-state index in [4.69, 9.17) is 11.6 Å². The van der Waals surface area contributed by atoms with Gasteiger partial charge >= 0.3 is 0 Å². The van der Waals surface area contributed by atoms with E-state index in [2.05, 4.69) is 18.3 Å². The molecule has 1 fully saturated rings. The first-order chi connectivity index (χ1) is 7.77. The summed E-state index contributed by atoms with van der Waals surface area (Å²) in [6, 6.07) is 8.07. The van der Waals surface area contributed by atoms with E-state index in [1.54, 1.807) is 0 Å². The van der Waals surface area contributed by atoms with Crippen molar-refractivity contribution in [1.82, 2.24) is 5.32 Å². The highest BCUT2D eigenvalue weighted by atomic mass is 35.5. The van der Waals surface area contributed by atoms with Gasteiger partial charge in [0.15, 0.2) is 0 Å². The molecule has 1 aliphatic carbocycles. The molecule has 0 aliphatic heterocycles. The summed E-state index contributed by atoms with van der Waals surface area (Å²) in [5, 5.41) is 4.40. The molecule has 1 saturated carbocycles. The van der Waals surface area contributed by atoms with Gasteiger partial charge in [0.05, 0.1) is 0 Å². The van der Waals surface area contributed by atoms with Crippen molar-refractivity contribution >= 4 is 11.6 Å². The fourth-order valence-corrected chi connectivity index (χ4v) is 2.76. The molecule has 0 aromatic heterocycles. The molecule has 0 amide bonds. The number of nitrogens with one attached hydrogen (secondary N) is 1. The molecule has 0 spiro atoms. The summed E-state index contributed by atoms with van der Waals surface area (Å²) in [6.07, 6.45) is 4.19. The highest BCUT2D eigenvalue weighted by Gasteiger charge is 2.22. The molecule has 1 nitrogen and oxygen atoms in total. The standard InChI is InChI=1S/C14H20ClN/c1-11-5-4-7-12(11)9-16-10-13-6-2-3-8-14(13)15/h2-3,6,8,11-12,16H,4-5,7,9-10H2,1H3. The van der Waals surface area contributed by atoms with Gasteiger partial charge in [-0.25, -0.2) is 0 Å². The Morgan fingerprint density at radius 3 is 2.81 bits per heavy atom. The van der Waals surface area contributed by atoms with Crippen LogP contribution in [0.4, 0.5) is 0 Å². The Hall–Kier alpha value is -0.530. The number of rotatable bonds is 4. The second-order valence-corrected chi connectivity index (χ2v) is 5.30. The lowest BCUT2D eigenvalue weighted by atomic mass is 9.98. The minimum atomic E-state index is 0.863. The SMILES string of the molecule is CC1CCCC1CNCc1ccccc1Cl. The zero-order valence-electron chi connectivity index (χ0n) is 9.88. The predicted molar refractivity (Wildman–Crippen MR) is 69.7 cm³/mol. The van der Waals surface area contributed by atoms with Crippen LogP contribution in [0.15, 0.2) is 24.3 Å². The van der Waals surface area contributed by atoms with Crippen LogP contribution >= 0.6 is 11.6 Å². The van der Waals surface area contributed by atoms with Gasteiger partial charge in [0.2, 0.25) is 0 Å². The number of halogens is 1. The Balaban J connectivity index is 1.78. The molecule has 2 rings (SSSR count). The van der Waals surface area contributed by atoms with E-state index in [1.165, 1.54) is 24.8 Å². The zero-order chi connectivity index (χ0) is 11.4. The Labute approximate surface area is 103 Å². The predicted octanol–water partition coefficient (Wildman–Crippen LogP) is 3.87. The minimum Gasteiger partial charge on any atom is -0.312 e. The van der Waals surface area contributed by atoms with Crippen molar-refractivity contribution in [2.75, 3.05) is 6.54 Å². The molecule has 1 N–H and O–H groups in total. The van der Waals surface area contributed by atoms with Gasteiger partial charge in [0, 0.05) is 11.6 Å². The summed E-state index contributed by atoms with van der Waals surface area (Å²) in [4.78, 5) is 0.